The molecule has 2 N–H and O–H groups in total. The molecule has 2 aromatic rings. The Morgan fingerprint density at radius 3 is 2.80 bits per heavy atom. The van der Waals surface area contributed by atoms with Crippen molar-refractivity contribution in [3.63, 3.8) is 0 Å². The maximum atomic E-state index is 13.4. The fourth-order valence-electron chi connectivity index (χ4n) is 2.17. The lowest BCUT2D eigenvalue weighted by molar-refractivity contribution is 0.238. The standard InChI is InChI=1S/C15H17BrFN3/c1-20(10-12-4-2-3-7-19-12)15(9-18)13-8-11(17)5-6-14(13)16/h2-8,15H,9-10,18H2,1H3. The van der Waals surface area contributed by atoms with Gasteiger partial charge in [-0.15, -0.1) is 0 Å². The van der Waals surface area contributed by atoms with Crippen molar-refractivity contribution in [3.8, 4) is 0 Å². The topological polar surface area (TPSA) is 42.2 Å². The minimum atomic E-state index is -0.257. The van der Waals surface area contributed by atoms with Crippen molar-refractivity contribution in [1.29, 1.82) is 0 Å². The Bertz CT molecular complexity index is 562. The van der Waals surface area contributed by atoms with Crippen molar-refractivity contribution in [2.24, 2.45) is 5.73 Å². The van der Waals surface area contributed by atoms with Gasteiger partial charge >= 0.3 is 0 Å². The molecule has 0 fully saturated rings. The van der Waals surface area contributed by atoms with Crippen molar-refractivity contribution in [2.75, 3.05) is 13.6 Å². The molecule has 0 radical (unpaired) electrons. The highest BCUT2D eigenvalue weighted by molar-refractivity contribution is 9.10. The number of hydrogen-bond acceptors (Lipinski definition) is 3. The van der Waals surface area contributed by atoms with Crippen LogP contribution in [0.5, 0.6) is 0 Å². The van der Waals surface area contributed by atoms with Crippen molar-refractivity contribution in [1.82, 2.24) is 9.88 Å². The van der Waals surface area contributed by atoms with Crippen LogP contribution in [0.4, 0.5) is 4.39 Å². The molecule has 5 heteroatoms. The molecular formula is C15H17BrFN3. The molecule has 1 unspecified atom stereocenters. The summed E-state index contributed by atoms with van der Waals surface area (Å²) in [5, 5.41) is 0. The van der Waals surface area contributed by atoms with E-state index in [0.29, 0.717) is 13.1 Å². The van der Waals surface area contributed by atoms with E-state index in [9.17, 15) is 4.39 Å². The van der Waals surface area contributed by atoms with Gasteiger partial charge in [-0.2, -0.15) is 0 Å². The van der Waals surface area contributed by atoms with E-state index in [2.05, 4.69) is 25.8 Å². The second-order valence-electron chi connectivity index (χ2n) is 4.65. The molecule has 106 valence electrons. The highest BCUT2D eigenvalue weighted by atomic mass is 79.9. The Morgan fingerprint density at radius 2 is 2.15 bits per heavy atom. The van der Waals surface area contributed by atoms with Gasteiger partial charge in [-0.1, -0.05) is 22.0 Å². The first-order chi connectivity index (χ1) is 9.61. The van der Waals surface area contributed by atoms with Crippen molar-refractivity contribution < 1.29 is 4.39 Å². The minimum Gasteiger partial charge on any atom is -0.329 e. The molecule has 0 saturated carbocycles. The second kappa shape index (κ2) is 6.92. The number of likely N-dealkylation sites (N-methyl/N-ethyl adjacent to an activating group) is 1. The lowest BCUT2D eigenvalue weighted by atomic mass is 10.1. The first kappa shape index (κ1) is 15.1. The third-order valence-corrected chi connectivity index (χ3v) is 3.93. The summed E-state index contributed by atoms with van der Waals surface area (Å²) in [7, 11) is 1.96. The first-order valence-corrected chi connectivity index (χ1v) is 7.16. The van der Waals surface area contributed by atoms with Crippen molar-refractivity contribution in [2.45, 2.75) is 12.6 Å². The lowest BCUT2D eigenvalue weighted by Crippen LogP contribution is -2.30. The third-order valence-electron chi connectivity index (χ3n) is 3.21. The molecule has 3 nitrogen and oxygen atoms in total. The zero-order chi connectivity index (χ0) is 14.5. The van der Waals surface area contributed by atoms with Crippen molar-refractivity contribution >= 4 is 15.9 Å². The minimum absolute atomic E-state index is 0.0675. The SMILES string of the molecule is CN(Cc1ccccn1)C(CN)c1cc(F)ccc1Br. The van der Waals surface area contributed by atoms with Gasteiger partial charge < -0.3 is 5.73 Å². The largest absolute Gasteiger partial charge is 0.329 e. The normalized spacial score (nSPS) is 12.7. The summed E-state index contributed by atoms with van der Waals surface area (Å²) in [6.07, 6.45) is 1.76. The van der Waals surface area contributed by atoms with Crippen LogP contribution in [-0.2, 0) is 6.54 Å². The summed E-state index contributed by atoms with van der Waals surface area (Å²) in [5.74, 6) is -0.257. The number of aromatic nitrogens is 1. The van der Waals surface area contributed by atoms with Crippen LogP contribution in [-0.4, -0.2) is 23.5 Å². The van der Waals surface area contributed by atoms with E-state index in [-0.39, 0.29) is 11.9 Å². The number of nitrogens with zero attached hydrogens (tertiary/aromatic N) is 2. The average Bonchev–Trinajstić information content (AvgIpc) is 2.44. The fraction of sp³-hybridized carbons (Fsp3) is 0.267. The molecule has 2 rings (SSSR count). The summed E-state index contributed by atoms with van der Waals surface area (Å²) < 4.78 is 14.3. The van der Waals surface area contributed by atoms with Gasteiger partial charge in [-0.25, -0.2) is 4.39 Å². The molecule has 0 saturated heterocycles. The predicted octanol–water partition coefficient (Wildman–Crippen LogP) is 3.12. The summed E-state index contributed by atoms with van der Waals surface area (Å²) in [6.45, 7) is 1.07. The quantitative estimate of drug-likeness (QED) is 0.911. The van der Waals surface area contributed by atoms with Crippen LogP contribution >= 0.6 is 15.9 Å². The van der Waals surface area contributed by atoms with Crippen molar-refractivity contribution in [3.05, 3.63) is 64.1 Å². The number of nitrogens with two attached hydrogens (primary N) is 1. The van der Waals surface area contributed by atoms with E-state index in [1.54, 1.807) is 12.3 Å². The van der Waals surface area contributed by atoms with Gasteiger partial charge in [0.15, 0.2) is 0 Å². The van der Waals surface area contributed by atoms with Gasteiger partial charge in [0.2, 0.25) is 0 Å². The van der Waals surface area contributed by atoms with Crippen LogP contribution in [0, 0.1) is 5.82 Å². The Morgan fingerprint density at radius 1 is 1.35 bits per heavy atom. The zero-order valence-electron chi connectivity index (χ0n) is 11.3. The first-order valence-electron chi connectivity index (χ1n) is 6.37. The van der Waals surface area contributed by atoms with Crippen LogP contribution in [0.15, 0.2) is 47.1 Å². The average molecular weight is 338 g/mol. The molecule has 20 heavy (non-hydrogen) atoms. The van der Waals surface area contributed by atoms with Crippen LogP contribution in [0.3, 0.4) is 0 Å². The zero-order valence-corrected chi connectivity index (χ0v) is 12.8. The van der Waals surface area contributed by atoms with Gasteiger partial charge in [0, 0.05) is 29.8 Å². The molecule has 0 amide bonds. The Balaban J connectivity index is 2.21. The molecule has 1 aromatic heterocycles. The highest BCUT2D eigenvalue weighted by Gasteiger charge is 2.19. The highest BCUT2D eigenvalue weighted by Crippen LogP contribution is 2.28. The number of benzene rings is 1. The monoisotopic (exact) mass is 337 g/mol. The van der Waals surface area contributed by atoms with Crippen LogP contribution in [0.2, 0.25) is 0 Å². The Hall–Kier alpha value is -1.30. The molecule has 0 aliphatic carbocycles. The summed E-state index contributed by atoms with van der Waals surface area (Å²) >= 11 is 3.46. The number of hydrogen-bond donors (Lipinski definition) is 1. The van der Waals surface area contributed by atoms with E-state index in [4.69, 9.17) is 5.73 Å². The molecule has 1 heterocycles. The Kier molecular flexibility index (Phi) is 5.23. The van der Waals surface area contributed by atoms with Crippen LogP contribution in [0.1, 0.15) is 17.3 Å². The number of pyridine rings is 1. The maximum absolute atomic E-state index is 13.4. The van der Waals surface area contributed by atoms with Crippen LogP contribution < -0.4 is 5.73 Å². The smallest absolute Gasteiger partial charge is 0.123 e. The molecule has 1 atom stereocenters. The van der Waals surface area contributed by atoms with E-state index in [0.717, 1.165) is 15.7 Å². The van der Waals surface area contributed by atoms with Crippen LogP contribution in [0.25, 0.3) is 0 Å². The van der Waals surface area contributed by atoms with Gasteiger partial charge in [-0.3, -0.25) is 9.88 Å². The predicted molar refractivity (Wildman–Crippen MR) is 81.6 cm³/mol. The van der Waals surface area contributed by atoms with E-state index in [1.165, 1.54) is 12.1 Å². The van der Waals surface area contributed by atoms with Gasteiger partial charge in [0.05, 0.1) is 5.69 Å². The Labute approximate surface area is 126 Å². The number of rotatable bonds is 5. The summed E-state index contributed by atoms with van der Waals surface area (Å²) in [4.78, 5) is 6.37. The van der Waals surface area contributed by atoms with E-state index in [1.807, 2.05) is 25.2 Å². The van der Waals surface area contributed by atoms with Gasteiger partial charge in [0.1, 0.15) is 5.82 Å². The van der Waals surface area contributed by atoms with E-state index >= 15 is 0 Å². The van der Waals surface area contributed by atoms with E-state index < -0.39 is 0 Å². The summed E-state index contributed by atoms with van der Waals surface area (Å²) in [5.41, 5.74) is 7.68. The molecule has 1 aromatic carbocycles. The third kappa shape index (κ3) is 3.62. The molecule has 0 aliphatic heterocycles. The maximum Gasteiger partial charge on any atom is 0.123 e. The second-order valence-corrected chi connectivity index (χ2v) is 5.51. The molecule has 0 bridgehead atoms. The van der Waals surface area contributed by atoms with Gasteiger partial charge in [-0.05, 0) is 42.9 Å². The molecule has 0 aliphatic rings. The van der Waals surface area contributed by atoms with Gasteiger partial charge in [0.25, 0.3) is 0 Å². The number of halogens is 2. The molecule has 0 spiro atoms. The fourth-order valence-corrected chi connectivity index (χ4v) is 2.68. The molecular weight excluding hydrogens is 321 g/mol. The lowest BCUT2D eigenvalue weighted by Gasteiger charge is -2.28. The summed E-state index contributed by atoms with van der Waals surface area (Å²) in [6, 6.07) is 10.4.